The first-order chi connectivity index (χ1) is 20.6. The van der Waals surface area contributed by atoms with Crippen molar-refractivity contribution in [2.75, 3.05) is 20.3 Å². The van der Waals surface area contributed by atoms with Crippen LogP contribution in [0, 0.1) is 0 Å². The zero-order chi connectivity index (χ0) is 30.5. The summed E-state index contributed by atoms with van der Waals surface area (Å²) in [5.41, 5.74) is 1.12. The molecule has 5 rings (SSSR count). The second-order valence-corrected chi connectivity index (χ2v) is 17.5. The highest BCUT2D eigenvalue weighted by atomic mass is 28.4. The van der Waals surface area contributed by atoms with Crippen LogP contribution >= 0.6 is 0 Å². The van der Waals surface area contributed by atoms with E-state index in [1.807, 2.05) is 38.1 Å². The van der Waals surface area contributed by atoms with E-state index in [4.69, 9.17) is 28.1 Å². The molecule has 0 bridgehead atoms. The van der Waals surface area contributed by atoms with Crippen LogP contribution in [0.25, 0.3) is 0 Å². The molecule has 0 radical (unpaired) electrons. The molecule has 2 aliphatic rings. The van der Waals surface area contributed by atoms with Gasteiger partial charge in [-0.25, -0.2) is 0 Å². The molecule has 3 aromatic carbocycles. The Kier molecular flexibility index (Phi) is 10.1. The lowest BCUT2D eigenvalue weighted by Crippen LogP contribution is -2.68. The van der Waals surface area contributed by atoms with Gasteiger partial charge in [-0.1, -0.05) is 93.6 Å². The standard InChI is InChI=1S/C36H48O6Si/c1-35(2,3)43(31-13-9-7-10-14-31,32-15-11-8-12-16-32)42-30-23-29(40-33(24-30)34-26-39-36(4,5)41-34)21-22-38-25-27-17-19-28(37-6)20-18-27/h7-20,29-30,33-34H,21-26H2,1-6H3/t29-,30-,33-,34+/m1/s1. The zero-order valence-corrected chi connectivity index (χ0v) is 27.6. The molecule has 0 saturated carbocycles. The summed E-state index contributed by atoms with van der Waals surface area (Å²) in [6, 6.07) is 29.7. The van der Waals surface area contributed by atoms with Gasteiger partial charge in [0.15, 0.2) is 5.79 Å². The minimum Gasteiger partial charge on any atom is -0.497 e. The van der Waals surface area contributed by atoms with Gasteiger partial charge in [0.05, 0.1) is 38.6 Å². The second-order valence-electron chi connectivity index (χ2n) is 13.2. The molecule has 0 spiro atoms. The molecule has 43 heavy (non-hydrogen) atoms. The van der Waals surface area contributed by atoms with Crippen molar-refractivity contribution in [3.8, 4) is 5.75 Å². The van der Waals surface area contributed by atoms with E-state index in [2.05, 4.69) is 81.4 Å². The van der Waals surface area contributed by atoms with Gasteiger partial charge in [0.2, 0.25) is 0 Å². The van der Waals surface area contributed by atoms with E-state index in [1.165, 1.54) is 10.4 Å². The van der Waals surface area contributed by atoms with Crippen LogP contribution < -0.4 is 15.1 Å². The number of methoxy groups -OCH3 is 1. The van der Waals surface area contributed by atoms with Crippen LogP contribution in [0.5, 0.6) is 5.75 Å². The lowest BCUT2D eigenvalue weighted by molar-refractivity contribution is -0.181. The molecule has 2 fully saturated rings. The minimum atomic E-state index is -2.72. The average molecular weight is 605 g/mol. The predicted octanol–water partition coefficient (Wildman–Crippen LogP) is 6.25. The summed E-state index contributed by atoms with van der Waals surface area (Å²) in [5.74, 6) is 0.232. The van der Waals surface area contributed by atoms with Crippen LogP contribution in [0.15, 0.2) is 84.9 Å². The van der Waals surface area contributed by atoms with Crippen LogP contribution in [0.4, 0.5) is 0 Å². The maximum Gasteiger partial charge on any atom is 0.261 e. The molecule has 0 amide bonds. The number of hydrogen-bond acceptors (Lipinski definition) is 6. The number of ether oxygens (including phenoxy) is 5. The molecule has 7 heteroatoms. The number of benzene rings is 3. The molecule has 2 saturated heterocycles. The Labute approximate surface area is 258 Å². The molecule has 0 N–H and O–H groups in total. The lowest BCUT2D eigenvalue weighted by atomic mass is 9.96. The van der Waals surface area contributed by atoms with Crippen LogP contribution in [-0.2, 0) is 30.0 Å². The fourth-order valence-corrected chi connectivity index (χ4v) is 11.2. The smallest absolute Gasteiger partial charge is 0.261 e. The third kappa shape index (κ3) is 7.59. The molecule has 0 aliphatic carbocycles. The Hall–Kier alpha value is -2.52. The van der Waals surface area contributed by atoms with E-state index < -0.39 is 14.1 Å². The Morgan fingerprint density at radius 1 is 0.837 bits per heavy atom. The minimum absolute atomic E-state index is 0.00366. The Balaban J connectivity index is 1.37. The monoisotopic (exact) mass is 604 g/mol. The summed E-state index contributed by atoms with van der Waals surface area (Å²) in [7, 11) is -1.05. The van der Waals surface area contributed by atoms with E-state index in [0.29, 0.717) is 19.8 Å². The first kappa shape index (κ1) is 31.9. The molecule has 2 heterocycles. The highest BCUT2D eigenvalue weighted by Gasteiger charge is 2.53. The summed E-state index contributed by atoms with van der Waals surface area (Å²) in [4.78, 5) is 0. The van der Waals surface area contributed by atoms with E-state index in [0.717, 1.165) is 30.6 Å². The molecule has 3 aromatic rings. The summed E-state index contributed by atoms with van der Waals surface area (Å²) in [6.45, 7) is 12.6. The number of hydrogen-bond donors (Lipinski definition) is 0. The van der Waals surface area contributed by atoms with Crippen LogP contribution in [0.2, 0.25) is 5.04 Å². The summed E-state index contributed by atoms with van der Waals surface area (Å²) in [5, 5.41) is 2.48. The van der Waals surface area contributed by atoms with Crippen molar-refractivity contribution in [3.63, 3.8) is 0 Å². The van der Waals surface area contributed by atoms with Gasteiger partial charge in [0.25, 0.3) is 8.32 Å². The van der Waals surface area contributed by atoms with Crippen molar-refractivity contribution in [2.24, 2.45) is 0 Å². The van der Waals surface area contributed by atoms with Crippen molar-refractivity contribution in [3.05, 3.63) is 90.5 Å². The molecule has 0 unspecified atom stereocenters. The lowest BCUT2D eigenvalue weighted by Gasteiger charge is -2.48. The van der Waals surface area contributed by atoms with Crippen molar-refractivity contribution in [2.45, 2.75) is 95.7 Å². The first-order valence-corrected chi connectivity index (χ1v) is 17.5. The largest absolute Gasteiger partial charge is 0.497 e. The van der Waals surface area contributed by atoms with Crippen molar-refractivity contribution >= 4 is 18.7 Å². The molecule has 2 aliphatic heterocycles. The van der Waals surface area contributed by atoms with Crippen molar-refractivity contribution in [1.29, 1.82) is 0 Å². The summed E-state index contributed by atoms with van der Waals surface area (Å²) in [6.07, 6.45) is 2.09. The van der Waals surface area contributed by atoms with E-state index in [1.54, 1.807) is 7.11 Å². The van der Waals surface area contributed by atoms with Crippen molar-refractivity contribution in [1.82, 2.24) is 0 Å². The van der Waals surface area contributed by atoms with Gasteiger partial charge in [-0.3, -0.25) is 0 Å². The van der Waals surface area contributed by atoms with Gasteiger partial charge < -0.3 is 28.1 Å². The summed E-state index contributed by atoms with van der Waals surface area (Å²) >= 11 is 0. The van der Waals surface area contributed by atoms with Gasteiger partial charge in [0.1, 0.15) is 11.9 Å². The highest BCUT2D eigenvalue weighted by molar-refractivity contribution is 6.99. The quantitative estimate of drug-likeness (QED) is 0.191. The molecule has 232 valence electrons. The Bertz CT molecular complexity index is 1240. The van der Waals surface area contributed by atoms with Gasteiger partial charge in [-0.15, -0.1) is 0 Å². The third-order valence-corrected chi connectivity index (χ3v) is 13.7. The normalized spacial score (nSPS) is 24.1. The topological polar surface area (TPSA) is 55.4 Å². The van der Waals surface area contributed by atoms with E-state index in [-0.39, 0.29) is 29.5 Å². The third-order valence-electron chi connectivity index (χ3n) is 8.61. The van der Waals surface area contributed by atoms with Crippen LogP contribution in [0.1, 0.15) is 59.4 Å². The van der Waals surface area contributed by atoms with Gasteiger partial charge in [-0.05, 0) is 59.8 Å². The molecule has 0 aromatic heterocycles. The number of rotatable bonds is 11. The predicted molar refractivity (Wildman–Crippen MR) is 173 cm³/mol. The zero-order valence-electron chi connectivity index (χ0n) is 26.6. The van der Waals surface area contributed by atoms with Gasteiger partial charge in [0, 0.05) is 13.0 Å². The fraction of sp³-hybridized carbons (Fsp3) is 0.500. The van der Waals surface area contributed by atoms with Crippen LogP contribution in [0.3, 0.4) is 0 Å². The molecule has 4 atom stereocenters. The maximum atomic E-state index is 7.59. The molecular weight excluding hydrogens is 556 g/mol. The van der Waals surface area contributed by atoms with Crippen LogP contribution in [-0.4, -0.2) is 58.8 Å². The van der Waals surface area contributed by atoms with E-state index in [9.17, 15) is 0 Å². The first-order valence-electron chi connectivity index (χ1n) is 15.6. The Morgan fingerprint density at radius 3 is 2.00 bits per heavy atom. The van der Waals surface area contributed by atoms with Gasteiger partial charge in [-0.2, -0.15) is 0 Å². The second kappa shape index (κ2) is 13.6. The fourth-order valence-electron chi connectivity index (χ4n) is 6.49. The highest BCUT2D eigenvalue weighted by Crippen LogP contribution is 2.40. The average Bonchev–Trinajstić information content (AvgIpc) is 3.38. The molecular formula is C36H48O6Si. The SMILES string of the molecule is COc1ccc(COCC[C@@H]2C[C@@H](O[Si](c3ccccc3)(c3ccccc3)C(C)(C)C)C[C@H]([C@@H]3COC(C)(C)O3)O2)cc1. The molecule has 6 nitrogen and oxygen atoms in total. The van der Waals surface area contributed by atoms with Gasteiger partial charge >= 0.3 is 0 Å². The van der Waals surface area contributed by atoms with E-state index >= 15 is 0 Å². The van der Waals surface area contributed by atoms with Crippen molar-refractivity contribution < 1.29 is 28.1 Å². The maximum absolute atomic E-state index is 7.59. The Morgan fingerprint density at radius 2 is 1.47 bits per heavy atom. The summed E-state index contributed by atoms with van der Waals surface area (Å²) < 4.78 is 38.0.